The van der Waals surface area contributed by atoms with E-state index in [0.717, 1.165) is 0 Å². The van der Waals surface area contributed by atoms with Crippen molar-refractivity contribution in [1.29, 1.82) is 0 Å². The van der Waals surface area contributed by atoms with Crippen LogP contribution in [-0.4, -0.2) is 23.7 Å². The van der Waals surface area contributed by atoms with Gasteiger partial charge in [0, 0.05) is 0 Å². The number of rotatable bonds is 5. The zero-order chi connectivity index (χ0) is 15.9. The maximum atomic E-state index is 11.6. The molecule has 7 heteroatoms. The van der Waals surface area contributed by atoms with E-state index in [4.69, 9.17) is 14.6 Å². The summed E-state index contributed by atoms with van der Waals surface area (Å²) < 4.78 is 14.4. The summed E-state index contributed by atoms with van der Waals surface area (Å²) in [5.74, 6) is -0.423. The molecule has 2 aromatic rings. The number of aromatic carboxylic acids is 1. The van der Waals surface area contributed by atoms with Crippen molar-refractivity contribution in [1.82, 2.24) is 0 Å². The fraction of sp³-hybridized carbons (Fsp3) is 0. The predicted octanol–water partition coefficient (Wildman–Crippen LogP) is 2.50. The lowest BCUT2D eigenvalue weighted by atomic mass is 10.2. The maximum absolute atomic E-state index is 11.6. The standard InChI is InChI=1S/C15H10O7/c16-9-20-11-5-7-13(8-6-11)22-15(19)21-12-3-1-10(2-4-12)14(17)18/h1-9H,(H,17,18). The van der Waals surface area contributed by atoms with E-state index in [0.29, 0.717) is 5.75 Å². The van der Waals surface area contributed by atoms with E-state index in [1.54, 1.807) is 0 Å². The van der Waals surface area contributed by atoms with Crippen molar-refractivity contribution in [3.05, 3.63) is 54.1 Å². The van der Waals surface area contributed by atoms with Crippen LogP contribution < -0.4 is 14.2 Å². The summed E-state index contributed by atoms with van der Waals surface area (Å²) in [4.78, 5) is 32.4. The summed E-state index contributed by atoms with van der Waals surface area (Å²) >= 11 is 0. The molecule has 0 saturated carbocycles. The molecule has 0 aliphatic rings. The van der Waals surface area contributed by atoms with Gasteiger partial charge in [-0.15, -0.1) is 0 Å². The second-order valence-electron chi connectivity index (χ2n) is 3.97. The maximum Gasteiger partial charge on any atom is 0.519 e. The van der Waals surface area contributed by atoms with E-state index in [1.807, 2.05) is 0 Å². The fourth-order valence-corrected chi connectivity index (χ4v) is 1.52. The first-order chi connectivity index (χ1) is 10.6. The topological polar surface area (TPSA) is 99.1 Å². The molecule has 0 aliphatic carbocycles. The number of ether oxygens (including phenoxy) is 3. The Labute approximate surface area is 124 Å². The van der Waals surface area contributed by atoms with E-state index in [-0.39, 0.29) is 23.5 Å². The minimum absolute atomic E-state index is 0.0754. The first-order valence-electron chi connectivity index (χ1n) is 6.02. The summed E-state index contributed by atoms with van der Waals surface area (Å²) in [6, 6.07) is 11.0. The Morgan fingerprint density at radius 1 is 0.818 bits per heavy atom. The molecule has 0 aromatic heterocycles. The quantitative estimate of drug-likeness (QED) is 0.514. The summed E-state index contributed by atoms with van der Waals surface area (Å²) in [5, 5.41) is 8.75. The number of hydrogen-bond donors (Lipinski definition) is 1. The Morgan fingerprint density at radius 2 is 1.27 bits per heavy atom. The van der Waals surface area contributed by atoms with Crippen LogP contribution in [-0.2, 0) is 4.79 Å². The lowest BCUT2D eigenvalue weighted by Crippen LogP contribution is -2.13. The van der Waals surface area contributed by atoms with Gasteiger partial charge in [0.15, 0.2) is 0 Å². The first-order valence-corrected chi connectivity index (χ1v) is 6.02. The second-order valence-corrected chi connectivity index (χ2v) is 3.97. The normalized spacial score (nSPS) is 9.64. The Morgan fingerprint density at radius 3 is 1.73 bits per heavy atom. The minimum Gasteiger partial charge on any atom is -0.478 e. The smallest absolute Gasteiger partial charge is 0.478 e. The van der Waals surface area contributed by atoms with Crippen molar-refractivity contribution >= 4 is 18.6 Å². The molecule has 0 radical (unpaired) electrons. The van der Waals surface area contributed by atoms with Crippen molar-refractivity contribution < 1.29 is 33.7 Å². The van der Waals surface area contributed by atoms with Crippen LogP contribution in [0.2, 0.25) is 0 Å². The lowest BCUT2D eigenvalue weighted by molar-refractivity contribution is -0.120. The van der Waals surface area contributed by atoms with Crippen LogP contribution in [0, 0.1) is 0 Å². The van der Waals surface area contributed by atoms with Crippen molar-refractivity contribution in [2.45, 2.75) is 0 Å². The van der Waals surface area contributed by atoms with Crippen LogP contribution in [0.4, 0.5) is 4.79 Å². The fourth-order valence-electron chi connectivity index (χ4n) is 1.52. The number of hydrogen-bond acceptors (Lipinski definition) is 6. The van der Waals surface area contributed by atoms with Crippen LogP contribution in [0.25, 0.3) is 0 Å². The summed E-state index contributed by atoms with van der Waals surface area (Å²) in [6.45, 7) is 0.283. The Hall–Kier alpha value is -3.35. The third kappa shape index (κ3) is 4.07. The summed E-state index contributed by atoms with van der Waals surface area (Å²) in [7, 11) is 0. The van der Waals surface area contributed by atoms with Crippen LogP contribution in [0.1, 0.15) is 10.4 Å². The van der Waals surface area contributed by atoms with Crippen LogP contribution >= 0.6 is 0 Å². The molecule has 0 spiro atoms. The molecule has 0 unspecified atom stereocenters. The first kappa shape index (κ1) is 15.0. The predicted molar refractivity (Wildman–Crippen MR) is 73.2 cm³/mol. The largest absolute Gasteiger partial charge is 0.519 e. The number of carboxylic acids is 1. The highest BCUT2D eigenvalue weighted by Crippen LogP contribution is 2.18. The molecule has 0 fully saturated rings. The van der Waals surface area contributed by atoms with Crippen molar-refractivity contribution in [2.75, 3.05) is 0 Å². The van der Waals surface area contributed by atoms with E-state index < -0.39 is 12.1 Å². The molecule has 2 aromatic carbocycles. The molecule has 2 rings (SSSR count). The van der Waals surface area contributed by atoms with Gasteiger partial charge in [0.05, 0.1) is 5.56 Å². The van der Waals surface area contributed by atoms with Gasteiger partial charge in [-0.25, -0.2) is 9.59 Å². The lowest BCUT2D eigenvalue weighted by Gasteiger charge is -2.06. The van der Waals surface area contributed by atoms with Crippen LogP contribution in [0.5, 0.6) is 17.2 Å². The monoisotopic (exact) mass is 302 g/mol. The van der Waals surface area contributed by atoms with E-state index in [2.05, 4.69) is 4.74 Å². The van der Waals surface area contributed by atoms with Gasteiger partial charge in [0.1, 0.15) is 17.2 Å². The number of carboxylic acid groups (broad SMARTS) is 1. The highest BCUT2D eigenvalue weighted by Gasteiger charge is 2.09. The molecule has 0 heterocycles. The number of carbonyl (C=O) groups excluding carboxylic acids is 2. The van der Waals surface area contributed by atoms with Crippen molar-refractivity contribution in [3.8, 4) is 17.2 Å². The van der Waals surface area contributed by atoms with Gasteiger partial charge in [-0.3, -0.25) is 4.79 Å². The average molecular weight is 302 g/mol. The van der Waals surface area contributed by atoms with Crippen LogP contribution in [0.15, 0.2) is 48.5 Å². The van der Waals surface area contributed by atoms with E-state index in [1.165, 1.54) is 48.5 Å². The Kier molecular flexibility index (Phi) is 4.71. The molecule has 0 bridgehead atoms. The number of benzene rings is 2. The van der Waals surface area contributed by atoms with Crippen molar-refractivity contribution in [3.63, 3.8) is 0 Å². The summed E-state index contributed by atoms with van der Waals surface area (Å²) in [6.07, 6.45) is -0.980. The van der Waals surface area contributed by atoms with Crippen molar-refractivity contribution in [2.24, 2.45) is 0 Å². The number of carbonyl (C=O) groups is 3. The molecule has 1 N–H and O–H groups in total. The molecular weight excluding hydrogens is 292 g/mol. The van der Waals surface area contributed by atoms with Gasteiger partial charge in [-0.05, 0) is 48.5 Å². The Bertz CT molecular complexity index is 674. The summed E-state index contributed by atoms with van der Waals surface area (Å²) in [5.41, 5.74) is 0.0754. The molecule has 7 nitrogen and oxygen atoms in total. The SMILES string of the molecule is O=COc1ccc(OC(=O)Oc2ccc(C(=O)O)cc2)cc1. The van der Waals surface area contributed by atoms with Gasteiger partial charge in [-0.2, -0.15) is 0 Å². The van der Waals surface area contributed by atoms with E-state index in [9.17, 15) is 14.4 Å². The van der Waals surface area contributed by atoms with Crippen LogP contribution in [0.3, 0.4) is 0 Å². The van der Waals surface area contributed by atoms with Gasteiger partial charge in [-0.1, -0.05) is 0 Å². The molecule has 0 aliphatic heterocycles. The zero-order valence-electron chi connectivity index (χ0n) is 11.1. The minimum atomic E-state index is -1.08. The Balaban J connectivity index is 1.94. The molecular formula is C15H10O7. The average Bonchev–Trinajstić information content (AvgIpc) is 2.50. The zero-order valence-corrected chi connectivity index (χ0v) is 11.1. The molecule has 0 amide bonds. The highest BCUT2D eigenvalue weighted by molar-refractivity contribution is 5.87. The van der Waals surface area contributed by atoms with E-state index >= 15 is 0 Å². The van der Waals surface area contributed by atoms with Gasteiger partial charge in [0.25, 0.3) is 6.47 Å². The van der Waals surface area contributed by atoms with Gasteiger partial charge >= 0.3 is 12.1 Å². The third-order valence-electron chi connectivity index (χ3n) is 2.51. The van der Waals surface area contributed by atoms with Gasteiger partial charge < -0.3 is 19.3 Å². The molecule has 112 valence electrons. The molecule has 0 atom stereocenters. The van der Waals surface area contributed by atoms with Gasteiger partial charge in [0.2, 0.25) is 0 Å². The second kappa shape index (κ2) is 6.89. The molecule has 22 heavy (non-hydrogen) atoms. The third-order valence-corrected chi connectivity index (χ3v) is 2.51. The molecule has 0 saturated heterocycles. The highest BCUT2D eigenvalue weighted by atomic mass is 16.7.